The summed E-state index contributed by atoms with van der Waals surface area (Å²) in [6.07, 6.45) is 2.68. The number of aliphatic carboxylic acids is 1. The van der Waals surface area contributed by atoms with E-state index in [2.05, 4.69) is 0 Å². The van der Waals surface area contributed by atoms with Crippen LogP contribution in [0.1, 0.15) is 12.8 Å². The zero-order valence-electron chi connectivity index (χ0n) is 6.30. The number of nitrogens with zero attached hydrogens (tertiary/aromatic N) is 1. The van der Waals surface area contributed by atoms with E-state index in [9.17, 15) is 9.59 Å². The molecule has 0 fully saturated rings. The third-order valence-electron chi connectivity index (χ3n) is 1.71. The molecule has 1 heterocycles. The van der Waals surface area contributed by atoms with Gasteiger partial charge in [0.25, 0.3) is 0 Å². The van der Waals surface area contributed by atoms with Gasteiger partial charge in [-0.3, -0.25) is 4.90 Å². The minimum atomic E-state index is -1.22. The molecule has 66 valence electrons. The van der Waals surface area contributed by atoms with E-state index < -0.39 is 18.1 Å². The highest BCUT2D eigenvalue weighted by Crippen LogP contribution is 2.14. The molecule has 2 N–H and O–H groups in total. The Morgan fingerprint density at radius 2 is 2.08 bits per heavy atom. The summed E-state index contributed by atoms with van der Waals surface area (Å²) in [5, 5.41) is 17.2. The Morgan fingerprint density at radius 1 is 1.42 bits per heavy atom. The van der Waals surface area contributed by atoms with Crippen LogP contribution in [-0.4, -0.2) is 33.2 Å². The number of allylic oxidation sites excluding steroid dienone is 1. The van der Waals surface area contributed by atoms with E-state index in [0.29, 0.717) is 12.8 Å². The predicted molar refractivity (Wildman–Crippen MR) is 39.7 cm³/mol. The molecule has 0 saturated heterocycles. The number of carbonyl (C=O) groups is 2. The van der Waals surface area contributed by atoms with Crippen LogP contribution < -0.4 is 0 Å². The van der Waals surface area contributed by atoms with Crippen LogP contribution in [0.2, 0.25) is 0 Å². The summed E-state index contributed by atoms with van der Waals surface area (Å²) in [5.74, 6) is -1.10. The van der Waals surface area contributed by atoms with E-state index in [1.807, 2.05) is 0 Å². The van der Waals surface area contributed by atoms with Crippen LogP contribution in [0, 0.1) is 0 Å². The van der Waals surface area contributed by atoms with Gasteiger partial charge in [0.15, 0.2) is 0 Å². The molecule has 12 heavy (non-hydrogen) atoms. The molecular weight excluding hydrogens is 162 g/mol. The van der Waals surface area contributed by atoms with Gasteiger partial charge in [0.2, 0.25) is 0 Å². The molecule has 0 bridgehead atoms. The highest BCUT2D eigenvalue weighted by molar-refractivity contribution is 5.80. The van der Waals surface area contributed by atoms with Crippen LogP contribution in [0.15, 0.2) is 12.3 Å². The molecule has 1 atom stereocenters. The summed E-state index contributed by atoms with van der Waals surface area (Å²) in [4.78, 5) is 21.8. The van der Waals surface area contributed by atoms with Crippen molar-refractivity contribution in [1.29, 1.82) is 0 Å². The maximum Gasteiger partial charge on any atom is 0.412 e. The average Bonchev–Trinajstić information content (AvgIpc) is 2.04. The second-order valence-corrected chi connectivity index (χ2v) is 2.51. The molecule has 0 radical (unpaired) electrons. The lowest BCUT2D eigenvalue weighted by atomic mass is 10.1. The zero-order chi connectivity index (χ0) is 9.14. The summed E-state index contributed by atoms with van der Waals surface area (Å²) in [6.45, 7) is 0. The molecule has 0 aliphatic carbocycles. The fourth-order valence-corrected chi connectivity index (χ4v) is 1.12. The van der Waals surface area contributed by atoms with Crippen LogP contribution in [-0.2, 0) is 4.79 Å². The van der Waals surface area contributed by atoms with Crippen LogP contribution in [0.3, 0.4) is 0 Å². The van der Waals surface area contributed by atoms with Gasteiger partial charge >= 0.3 is 12.1 Å². The Balaban J connectivity index is 2.79. The number of rotatable bonds is 1. The molecule has 1 rings (SSSR count). The lowest BCUT2D eigenvalue weighted by molar-refractivity contribution is -0.142. The van der Waals surface area contributed by atoms with Crippen molar-refractivity contribution in [2.75, 3.05) is 0 Å². The van der Waals surface area contributed by atoms with E-state index in [0.717, 1.165) is 4.90 Å². The van der Waals surface area contributed by atoms with Gasteiger partial charge in [-0.25, -0.2) is 9.59 Å². The van der Waals surface area contributed by atoms with Gasteiger partial charge in [-0.1, -0.05) is 6.08 Å². The standard InChI is InChI=1S/C7H9NO4/c9-6(10)5-3-1-2-4-8(5)7(11)12/h2,4-5H,1,3H2,(H,9,10)(H,11,12)/t5-/m1/s1. The lowest BCUT2D eigenvalue weighted by Crippen LogP contribution is -2.42. The van der Waals surface area contributed by atoms with Crippen LogP contribution >= 0.6 is 0 Å². The first-order valence-corrected chi connectivity index (χ1v) is 3.53. The summed E-state index contributed by atoms with van der Waals surface area (Å²) < 4.78 is 0. The summed E-state index contributed by atoms with van der Waals surface area (Å²) in [6, 6.07) is -0.924. The van der Waals surface area contributed by atoms with E-state index >= 15 is 0 Å². The Kier molecular flexibility index (Phi) is 2.32. The highest BCUT2D eigenvalue weighted by atomic mass is 16.4. The Labute approximate surface area is 68.9 Å². The molecule has 0 aromatic rings. The van der Waals surface area contributed by atoms with Crippen molar-refractivity contribution in [3.8, 4) is 0 Å². The van der Waals surface area contributed by atoms with Crippen molar-refractivity contribution in [2.45, 2.75) is 18.9 Å². The molecule has 5 heteroatoms. The zero-order valence-corrected chi connectivity index (χ0v) is 6.30. The lowest BCUT2D eigenvalue weighted by Gasteiger charge is -2.25. The van der Waals surface area contributed by atoms with Crippen LogP contribution in [0.4, 0.5) is 4.79 Å². The normalized spacial score (nSPS) is 22.3. The van der Waals surface area contributed by atoms with Crippen molar-refractivity contribution in [1.82, 2.24) is 4.90 Å². The Morgan fingerprint density at radius 3 is 2.50 bits per heavy atom. The summed E-state index contributed by atoms with van der Waals surface area (Å²) in [7, 11) is 0. The second-order valence-electron chi connectivity index (χ2n) is 2.51. The molecule has 5 nitrogen and oxygen atoms in total. The second kappa shape index (κ2) is 3.25. The SMILES string of the molecule is O=C(O)[C@H]1CCC=CN1C(=O)O. The van der Waals surface area contributed by atoms with E-state index in [1.54, 1.807) is 6.08 Å². The van der Waals surface area contributed by atoms with Gasteiger partial charge in [0.1, 0.15) is 6.04 Å². The van der Waals surface area contributed by atoms with Gasteiger partial charge in [-0.15, -0.1) is 0 Å². The highest BCUT2D eigenvalue weighted by Gasteiger charge is 2.28. The topological polar surface area (TPSA) is 77.8 Å². The Hall–Kier alpha value is -1.52. The van der Waals surface area contributed by atoms with Gasteiger partial charge in [-0.05, 0) is 12.8 Å². The molecule has 0 unspecified atom stereocenters. The fraction of sp³-hybridized carbons (Fsp3) is 0.429. The number of carboxylic acids is 1. The van der Waals surface area contributed by atoms with Gasteiger partial charge in [0, 0.05) is 6.20 Å². The smallest absolute Gasteiger partial charge is 0.412 e. The minimum absolute atomic E-state index is 0.345. The maximum absolute atomic E-state index is 10.5. The molecule has 0 aromatic heterocycles. The monoisotopic (exact) mass is 171 g/mol. The first kappa shape index (κ1) is 8.58. The number of hydrogen-bond donors (Lipinski definition) is 2. The van der Waals surface area contributed by atoms with Crippen molar-refractivity contribution >= 4 is 12.1 Å². The number of hydrogen-bond acceptors (Lipinski definition) is 2. The van der Waals surface area contributed by atoms with Crippen molar-refractivity contribution in [3.05, 3.63) is 12.3 Å². The molecule has 0 saturated carbocycles. The van der Waals surface area contributed by atoms with Crippen molar-refractivity contribution in [3.63, 3.8) is 0 Å². The van der Waals surface area contributed by atoms with Crippen molar-refractivity contribution in [2.24, 2.45) is 0 Å². The predicted octanol–water partition coefficient (Wildman–Crippen LogP) is 0.727. The first-order valence-electron chi connectivity index (χ1n) is 3.53. The van der Waals surface area contributed by atoms with Gasteiger partial charge in [0.05, 0.1) is 0 Å². The first-order chi connectivity index (χ1) is 5.63. The molecule has 1 amide bonds. The molecule has 0 aromatic carbocycles. The van der Waals surface area contributed by atoms with Gasteiger partial charge in [-0.2, -0.15) is 0 Å². The van der Waals surface area contributed by atoms with Crippen LogP contribution in [0.5, 0.6) is 0 Å². The largest absolute Gasteiger partial charge is 0.480 e. The van der Waals surface area contributed by atoms with E-state index in [4.69, 9.17) is 10.2 Å². The third-order valence-corrected chi connectivity index (χ3v) is 1.71. The molecule has 1 aliphatic heterocycles. The summed E-state index contributed by atoms with van der Waals surface area (Å²) >= 11 is 0. The molecular formula is C7H9NO4. The molecule has 1 aliphatic rings. The average molecular weight is 171 g/mol. The minimum Gasteiger partial charge on any atom is -0.480 e. The number of amides is 1. The molecule has 0 spiro atoms. The van der Waals surface area contributed by atoms with Crippen molar-refractivity contribution < 1.29 is 19.8 Å². The summed E-state index contributed by atoms with van der Waals surface area (Å²) in [5.41, 5.74) is 0. The van der Waals surface area contributed by atoms with Crippen LogP contribution in [0.25, 0.3) is 0 Å². The Bertz CT molecular complexity index is 236. The maximum atomic E-state index is 10.5. The van der Waals surface area contributed by atoms with Gasteiger partial charge < -0.3 is 10.2 Å². The fourth-order valence-electron chi connectivity index (χ4n) is 1.12. The number of carboxylic acid groups (broad SMARTS) is 2. The third kappa shape index (κ3) is 1.55. The van der Waals surface area contributed by atoms with E-state index in [-0.39, 0.29) is 0 Å². The quantitative estimate of drug-likeness (QED) is 0.609. The van der Waals surface area contributed by atoms with E-state index in [1.165, 1.54) is 6.20 Å².